The average molecular weight is 349 g/mol. The molecule has 1 aromatic rings. The quantitative estimate of drug-likeness (QED) is 0.739. The van der Waals surface area contributed by atoms with Crippen molar-refractivity contribution in [2.45, 2.75) is 26.8 Å². The Morgan fingerprint density at radius 3 is 2.63 bits per heavy atom. The summed E-state index contributed by atoms with van der Waals surface area (Å²) in [6.45, 7) is 3.93. The van der Waals surface area contributed by atoms with Gasteiger partial charge in [-0.3, -0.25) is 4.79 Å². The zero-order valence-electron chi connectivity index (χ0n) is 10.8. The number of thiophene rings is 1. The molecule has 0 spiro atoms. The van der Waals surface area contributed by atoms with E-state index >= 15 is 0 Å². The fraction of sp³-hybridized carbons (Fsp3) is 0.500. The van der Waals surface area contributed by atoms with Crippen LogP contribution in [-0.4, -0.2) is 23.7 Å². The number of amides is 2. The molecule has 0 aliphatic heterocycles. The number of hydrogen-bond donors (Lipinski definition) is 3. The maximum absolute atomic E-state index is 11.6. The summed E-state index contributed by atoms with van der Waals surface area (Å²) in [4.78, 5) is 23.7. The summed E-state index contributed by atoms with van der Waals surface area (Å²) in [6.07, 6.45) is 0.457. The van der Waals surface area contributed by atoms with Crippen LogP contribution in [0.3, 0.4) is 0 Å². The third kappa shape index (κ3) is 4.50. The summed E-state index contributed by atoms with van der Waals surface area (Å²) in [5.41, 5.74) is -0.930. The van der Waals surface area contributed by atoms with Crippen molar-refractivity contribution in [1.82, 2.24) is 10.6 Å². The van der Waals surface area contributed by atoms with Gasteiger partial charge in [-0.25, -0.2) is 4.79 Å². The molecule has 3 N–H and O–H groups in total. The summed E-state index contributed by atoms with van der Waals surface area (Å²) in [6, 6.07) is 1.55. The Morgan fingerprint density at radius 2 is 2.16 bits per heavy atom. The molecule has 1 unspecified atom stereocenters. The second-order valence-corrected chi connectivity index (χ2v) is 6.30. The van der Waals surface area contributed by atoms with Gasteiger partial charge in [0.25, 0.3) is 0 Å². The molecule has 0 saturated carbocycles. The highest BCUT2D eigenvalue weighted by Crippen LogP contribution is 2.22. The Hall–Kier alpha value is -1.08. The summed E-state index contributed by atoms with van der Waals surface area (Å²) in [5.74, 6) is -0.906. The highest BCUT2D eigenvalue weighted by molar-refractivity contribution is 9.10. The lowest BCUT2D eigenvalue weighted by atomic mass is 9.88. The molecule has 1 rings (SSSR count). The van der Waals surface area contributed by atoms with Gasteiger partial charge in [0.15, 0.2) is 0 Å². The lowest BCUT2D eigenvalue weighted by molar-refractivity contribution is -0.147. The van der Waals surface area contributed by atoms with Gasteiger partial charge in [0.2, 0.25) is 0 Å². The van der Waals surface area contributed by atoms with Gasteiger partial charge in [-0.15, -0.1) is 11.3 Å². The van der Waals surface area contributed by atoms with Gasteiger partial charge in [0.05, 0.1) is 12.0 Å². The zero-order valence-corrected chi connectivity index (χ0v) is 13.2. The van der Waals surface area contributed by atoms with Crippen molar-refractivity contribution in [3.63, 3.8) is 0 Å². The van der Waals surface area contributed by atoms with Crippen LogP contribution >= 0.6 is 27.3 Å². The molecule has 0 aliphatic rings. The first-order valence-electron chi connectivity index (χ1n) is 5.86. The molecule has 0 aromatic carbocycles. The van der Waals surface area contributed by atoms with Crippen molar-refractivity contribution in [3.8, 4) is 0 Å². The predicted octanol–water partition coefficient (Wildman–Crippen LogP) is 2.81. The number of aliphatic carboxylic acids is 1. The van der Waals surface area contributed by atoms with Gasteiger partial charge < -0.3 is 15.7 Å². The van der Waals surface area contributed by atoms with Gasteiger partial charge in [-0.1, -0.05) is 6.92 Å². The molecule has 5 nitrogen and oxygen atoms in total. The van der Waals surface area contributed by atoms with Crippen LogP contribution in [0.1, 0.15) is 25.1 Å². The van der Waals surface area contributed by atoms with Crippen LogP contribution in [0.2, 0.25) is 0 Å². The number of urea groups is 1. The minimum atomic E-state index is -0.930. The first-order valence-corrected chi connectivity index (χ1v) is 7.53. The Balaban J connectivity index is 2.40. The van der Waals surface area contributed by atoms with Crippen molar-refractivity contribution in [3.05, 3.63) is 20.8 Å². The largest absolute Gasteiger partial charge is 0.481 e. The number of rotatable bonds is 6. The van der Waals surface area contributed by atoms with Gasteiger partial charge in [-0.2, -0.15) is 0 Å². The van der Waals surface area contributed by atoms with Gasteiger partial charge in [0.1, 0.15) is 0 Å². The van der Waals surface area contributed by atoms with E-state index in [-0.39, 0.29) is 12.6 Å². The Labute approximate surface area is 124 Å². The first-order chi connectivity index (χ1) is 8.89. The topological polar surface area (TPSA) is 78.4 Å². The molecule has 7 heteroatoms. The smallest absolute Gasteiger partial charge is 0.315 e. The minimum absolute atomic E-state index is 0.107. The number of carboxylic acids is 1. The second-order valence-electron chi connectivity index (χ2n) is 4.45. The molecule has 0 saturated heterocycles. The van der Waals surface area contributed by atoms with E-state index in [1.54, 1.807) is 25.2 Å². The summed E-state index contributed by atoms with van der Waals surface area (Å²) >= 11 is 4.92. The molecule has 0 aliphatic carbocycles. The number of nitrogens with one attached hydrogen (secondary N) is 2. The van der Waals surface area contributed by atoms with E-state index < -0.39 is 11.4 Å². The molecule has 106 valence electrons. The van der Waals surface area contributed by atoms with Gasteiger partial charge >= 0.3 is 12.0 Å². The van der Waals surface area contributed by atoms with Crippen LogP contribution in [0.15, 0.2) is 15.9 Å². The van der Waals surface area contributed by atoms with Crippen molar-refractivity contribution in [1.29, 1.82) is 0 Å². The maximum atomic E-state index is 11.6. The van der Waals surface area contributed by atoms with E-state index in [9.17, 15) is 9.59 Å². The molecule has 19 heavy (non-hydrogen) atoms. The van der Waals surface area contributed by atoms with Crippen LogP contribution < -0.4 is 10.6 Å². The van der Waals surface area contributed by atoms with E-state index in [4.69, 9.17) is 5.11 Å². The van der Waals surface area contributed by atoms with Crippen LogP contribution in [0.25, 0.3) is 0 Å². The van der Waals surface area contributed by atoms with Crippen molar-refractivity contribution >= 4 is 39.3 Å². The fourth-order valence-electron chi connectivity index (χ4n) is 1.30. The Morgan fingerprint density at radius 1 is 1.47 bits per heavy atom. The summed E-state index contributed by atoms with van der Waals surface area (Å²) < 4.78 is 0.960. The SMILES string of the molecule is CCC(C)(CNC(=O)NCc1sccc1Br)C(=O)O. The van der Waals surface area contributed by atoms with Crippen molar-refractivity contribution in [2.24, 2.45) is 5.41 Å². The third-order valence-electron chi connectivity index (χ3n) is 3.04. The van der Waals surface area contributed by atoms with Crippen LogP contribution in [0.5, 0.6) is 0 Å². The predicted molar refractivity (Wildman–Crippen MR) is 78.3 cm³/mol. The number of hydrogen-bond acceptors (Lipinski definition) is 3. The number of carbonyl (C=O) groups excluding carboxylic acids is 1. The van der Waals surface area contributed by atoms with E-state index in [2.05, 4.69) is 26.6 Å². The normalized spacial score (nSPS) is 13.6. The number of carboxylic acid groups (broad SMARTS) is 1. The number of halogens is 1. The highest BCUT2D eigenvalue weighted by atomic mass is 79.9. The summed E-state index contributed by atoms with van der Waals surface area (Å²) in [5, 5.41) is 16.3. The standard InChI is InChI=1S/C12H17BrN2O3S/c1-3-12(2,10(16)17)7-15-11(18)14-6-9-8(13)4-5-19-9/h4-5H,3,6-7H2,1-2H3,(H,16,17)(H2,14,15,18). The molecular weight excluding hydrogens is 332 g/mol. The highest BCUT2D eigenvalue weighted by Gasteiger charge is 2.31. The maximum Gasteiger partial charge on any atom is 0.315 e. The number of carbonyl (C=O) groups is 2. The fourth-order valence-corrected chi connectivity index (χ4v) is 2.73. The van der Waals surface area contributed by atoms with E-state index in [1.807, 2.05) is 11.4 Å². The lowest BCUT2D eigenvalue weighted by Gasteiger charge is -2.23. The zero-order chi connectivity index (χ0) is 14.5. The van der Waals surface area contributed by atoms with Crippen molar-refractivity contribution in [2.75, 3.05) is 6.54 Å². The van der Waals surface area contributed by atoms with Crippen LogP contribution in [0.4, 0.5) is 4.79 Å². The first kappa shape index (κ1) is 16.0. The molecule has 0 bridgehead atoms. The Bertz CT molecular complexity index is 464. The molecule has 0 radical (unpaired) electrons. The van der Waals surface area contributed by atoms with Gasteiger partial charge in [-0.05, 0) is 40.7 Å². The van der Waals surface area contributed by atoms with E-state index in [1.165, 1.54) is 0 Å². The monoisotopic (exact) mass is 348 g/mol. The summed E-state index contributed by atoms with van der Waals surface area (Å²) in [7, 11) is 0. The second kappa shape index (κ2) is 6.91. The van der Waals surface area contributed by atoms with Gasteiger partial charge in [0, 0.05) is 15.9 Å². The Kier molecular flexibility index (Phi) is 5.81. The molecule has 2 amide bonds. The molecule has 1 aromatic heterocycles. The van der Waals surface area contributed by atoms with E-state index in [0.29, 0.717) is 13.0 Å². The molecular formula is C12H17BrN2O3S. The van der Waals surface area contributed by atoms with E-state index in [0.717, 1.165) is 9.35 Å². The lowest BCUT2D eigenvalue weighted by Crippen LogP contribution is -2.44. The van der Waals surface area contributed by atoms with Crippen molar-refractivity contribution < 1.29 is 14.7 Å². The average Bonchev–Trinajstić information content (AvgIpc) is 2.78. The molecule has 1 heterocycles. The van der Waals surface area contributed by atoms with Crippen LogP contribution in [-0.2, 0) is 11.3 Å². The third-order valence-corrected chi connectivity index (χ3v) is 4.96. The molecule has 1 atom stereocenters. The van der Waals surface area contributed by atoms with Crippen LogP contribution in [0, 0.1) is 5.41 Å². The minimum Gasteiger partial charge on any atom is -0.481 e. The molecule has 0 fully saturated rings.